The lowest BCUT2D eigenvalue weighted by molar-refractivity contribution is 1.02. The number of hydrogen-bond donors (Lipinski definition) is 2. The Labute approximate surface area is 177 Å². The fraction of sp³-hybridized carbons (Fsp3) is 0.0909. The third-order valence-corrected chi connectivity index (χ3v) is 5.33. The first kappa shape index (κ1) is 18.3. The Morgan fingerprint density at radius 2 is 1.77 bits per heavy atom. The van der Waals surface area contributed by atoms with Crippen molar-refractivity contribution >= 4 is 34.3 Å². The minimum Gasteiger partial charge on any atom is -0.364 e. The molecule has 0 amide bonds. The van der Waals surface area contributed by atoms with E-state index < -0.39 is 0 Å². The average molecular weight is 414 g/mol. The minimum absolute atomic E-state index is 0.541. The number of pyridine rings is 1. The maximum absolute atomic E-state index is 4.74. The Hall–Kier alpha value is -3.78. The van der Waals surface area contributed by atoms with Crippen LogP contribution in [-0.4, -0.2) is 24.5 Å². The molecule has 2 N–H and O–H groups in total. The lowest BCUT2D eigenvalue weighted by atomic mass is 10.2. The Morgan fingerprint density at radius 3 is 2.57 bits per heavy atom. The molecular formula is C22H19N7S. The monoisotopic (exact) mass is 413 g/mol. The highest BCUT2D eigenvalue weighted by Crippen LogP contribution is 2.25. The zero-order valence-corrected chi connectivity index (χ0v) is 16.9. The Morgan fingerprint density at radius 1 is 0.900 bits per heavy atom. The summed E-state index contributed by atoms with van der Waals surface area (Å²) in [5.41, 5.74) is 4.77. The maximum atomic E-state index is 4.74. The number of aromatic nitrogens is 5. The number of nitrogens with one attached hydrogen (secondary N) is 2. The molecule has 0 atom stereocenters. The van der Waals surface area contributed by atoms with E-state index in [0.717, 1.165) is 22.4 Å². The molecule has 0 saturated carbocycles. The van der Waals surface area contributed by atoms with Crippen LogP contribution in [0.5, 0.6) is 0 Å². The molecule has 0 aliphatic heterocycles. The first-order valence-corrected chi connectivity index (χ1v) is 10.5. The number of anilines is 2. The molecule has 0 radical (unpaired) electrons. The number of nitrogens with zero attached hydrogens (tertiary/aromatic N) is 5. The van der Waals surface area contributed by atoms with Gasteiger partial charge in [-0.15, -0.1) is 0 Å². The predicted octanol–water partition coefficient (Wildman–Crippen LogP) is 4.50. The van der Waals surface area contributed by atoms with Crippen LogP contribution in [0.3, 0.4) is 0 Å². The molecule has 1 aromatic carbocycles. The van der Waals surface area contributed by atoms with E-state index in [1.807, 2.05) is 52.5 Å². The van der Waals surface area contributed by atoms with Crippen LogP contribution in [0, 0.1) is 0 Å². The van der Waals surface area contributed by atoms with Gasteiger partial charge in [-0.05, 0) is 28.6 Å². The molecule has 7 nitrogen and oxygen atoms in total. The zero-order chi connectivity index (χ0) is 20.2. The molecule has 5 aromatic rings. The van der Waals surface area contributed by atoms with Crippen LogP contribution in [0.2, 0.25) is 0 Å². The first-order valence-electron chi connectivity index (χ1n) is 9.55. The van der Waals surface area contributed by atoms with E-state index in [9.17, 15) is 0 Å². The largest absolute Gasteiger partial charge is 0.364 e. The molecule has 148 valence electrons. The summed E-state index contributed by atoms with van der Waals surface area (Å²) in [4.78, 5) is 18.2. The van der Waals surface area contributed by atoms with E-state index in [4.69, 9.17) is 9.97 Å². The average Bonchev–Trinajstić information content (AvgIpc) is 3.47. The van der Waals surface area contributed by atoms with Crippen molar-refractivity contribution in [2.75, 3.05) is 10.6 Å². The van der Waals surface area contributed by atoms with Crippen LogP contribution in [0.1, 0.15) is 11.1 Å². The highest BCUT2D eigenvalue weighted by molar-refractivity contribution is 7.08. The molecule has 4 heterocycles. The molecule has 4 aromatic heterocycles. The quantitative estimate of drug-likeness (QED) is 0.409. The van der Waals surface area contributed by atoms with Gasteiger partial charge in [0, 0.05) is 30.9 Å². The van der Waals surface area contributed by atoms with Gasteiger partial charge in [0.1, 0.15) is 6.33 Å². The van der Waals surface area contributed by atoms with Gasteiger partial charge in [0.05, 0.1) is 5.69 Å². The molecule has 0 aliphatic rings. The Balaban J connectivity index is 1.49. The molecule has 8 heteroatoms. The molecule has 0 aliphatic carbocycles. The predicted molar refractivity (Wildman–Crippen MR) is 120 cm³/mol. The summed E-state index contributed by atoms with van der Waals surface area (Å²) in [5.74, 6) is 1.24. The molecule has 0 saturated heterocycles. The first-order chi connectivity index (χ1) is 14.9. The summed E-state index contributed by atoms with van der Waals surface area (Å²) in [6, 6.07) is 16.2. The fourth-order valence-corrected chi connectivity index (χ4v) is 3.78. The van der Waals surface area contributed by atoms with Crippen molar-refractivity contribution in [2.24, 2.45) is 0 Å². The van der Waals surface area contributed by atoms with Crippen LogP contribution in [-0.2, 0) is 13.1 Å². The van der Waals surface area contributed by atoms with Crippen molar-refractivity contribution in [3.63, 3.8) is 0 Å². The van der Waals surface area contributed by atoms with Crippen LogP contribution in [0.4, 0.5) is 11.8 Å². The van der Waals surface area contributed by atoms with Crippen LogP contribution < -0.4 is 10.6 Å². The van der Waals surface area contributed by atoms with Crippen molar-refractivity contribution in [1.29, 1.82) is 0 Å². The van der Waals surface area contributed by atoms with Crippen LogP contribution >= 0.6 is 11.3 Å². The van der Waals surface area contributed by atoms with E-state index in [0.29, 0.717) is 24.9 Å². The van der Waals surface area contributed by atoms with E-state index in [2.05, 4.69) is 38.1 Å². The number of hydrogen-bond acceptors (Lipinski definition) is 7. The van der Waals surface area contributed by atoms with Gasteiger partial charge in [-0.1, -0.05) is 36.4 Å². The minimum atomic E-state index is 0.541. The van der Waals surface area contributed by atoms with Crippen LogP contribution in [0.25, 0.3) is 16.9 Å². The smallest absolute Gasteiger partial charge is 0.227 e. The van der Waals surface area contributed by atoms with E-state index in [1.165, 1.54) is 5.56 Å². The van der Waals surface area contributed by atoms with Gasteiger partial charge in [0.25, 0.3) is 0 Å². The maximum Gasteiger partial charge on any atom is 0.227 e. The lowest BCUT2D eigenvalue weighted by Crippen LogP contribution is -2.09. The summed E-state index contributed by atoms with van der Waals surface area (Å²) >= 11 is 1.64. The lowest BCUT2D eigenvalue weighted by Gasteiger charge is -2.11. The molecule has 0 bridgehead atoms. The zero-order valence-electron chi connectivity index (χ0n) is 16.1. The standard InChI is InChI=1S/C22H19N7S/c1-2-5-16(6-3-1)12-24-20-19-21(29(15-26-19)18-8-10-30-14-18)28-22(27-20)25-13-17-7-4-9-23-11-17/h1-11,14-15H,12-13H2,(H2,24,25,27,28). The van der Waals surface area contributed by atoms with E-state index >= 15 is 0 Å². The third-order valence-electron chi connectivity index (χ3n) is 4.66. The number of imidazole rings is 1. The second-order valence-corrected chi connectivity index (χ2v) is 7.50. The molecule has 30 heavy (non-hydrogen) atoms. The SMILES string of the molecule is c1ccc(CNc2nc(NCc3cccnc3)nc3c2ncn3-c2ccsc2)cc1. The van der Waals surface area contributed by atoms with E-state index in [1.54, 1.807) is 23.9 Å². The normalized spacial score (nSPS) is 10.9. The van der Waals surface area contributed by atoms with Gasteiger partial charge < -0.3 is 10.6 Å². The summed E-state index contributed by atoms with van der Waals surface area (Å²) in [7, 11) is 0. The molecule has 0 fully saturated rings. The molecule has 5 rings (SSSR count). The van der Waals surface area contributed by atoms with Gasteiger partial charge in [0.2, 0.25) is 5.95 Å². The Bertz CT molecular complexity index is 1230. The van der Waals surface area contributed by atoms with Crippen molar-refractivity contribution in [3.05, 3.63) is 89.1 Å². The van der Waals surface area contributed by atoms with E-state index in [-0.39, 0.29) is 0 Å². The summed E-state index contributed by atoms with van der Waals surface area (Å²) < 4.78 is 1.98. The number of thiophene rings is 1. The van der Waals surface area contributed by atoms with Gasteiger partial charge in [-0.25, -0.2) is 4.98 Å². The van der Waals surface area contributed by atoms with Gasteiger partial charge >= 0.3 is 0 Å². The fourth-order valence-electron chi connectivity index (χ4n) is 3.15. The van der Waals surface area contributed by atoms with Crippen LogP contribution in [0.15, 0.2) is 78.0 Å². The summed E-state index contributed by atoms with van der Waals surface area (Å²) in [6.45, 7) is 1.24. The molecule has 0 unspecified atom stereocenters. The number of benzene rings is 1. The van der Waals surface area contributed by atoms with Crippen molar-refractivity contribution in [3.8, 4) is 5.69 Å². The second-order valence-electron chi connectivity index (χ2n) is 6.72. The topological polar surface area (TPSA) is 80.6 Å². The molecular weight excluding hydrogens is 394 g/mol. The van der Waals surface area contributed by atoms with Gasteiger partial charge in [-0.3, -0.25) is 9.55 Å². The number of rotatable bonds is 7. The number of fused-ring (bicyclic) bond motifs is 1. The molecule has 0 spiro atoms. The third kappa shape index (κ3) is 3.85. The summed E-state index contributed by atoms with van der Waals surface area (Å²) in [6.07, 6.45) is 5.38. The van der Waals surface area contributed by atoms with Gasteiger partial charge in [0.15, 0.2) is 17.0 Å². The van der Waals surface area contributed by atoms with Gasteiger partial charge in [-0.2, -0.15) is 21.3 Å². The highest BCUT2D eigenvalue weighted by atomic mass is 32.1. The van der Waals surface area contributed by atoms with Crippen molar-refractivity contribution in [1.82, 2.24) is 24.5 Å². The highest BCUT2D eigenvalue weighted by Gasteiger charge is 2.14. The second kappa shape index (κ2) is 8.30. The van der Waals surface area contributed by atoms with Crippen molar-refractivity contribution in [2.45, 2.75) is 13.1 Å². The summed E-state index contributed by atoms with van der Waals surface area (Å²) in [5, 5.41) is 10.9. The van der Waals surface area contributed by atoms with Crippen molar-refractivity contribution < 1.29 is 0 Å². The Kier molecular flexibility index (Phi) is 5.05.